The minimum absolute atomic E-state index is 0.133. The Hall–Kier alpha value is -3.30. The number of alkyl carbamates (subject to hydrolysis) is 1. The molecule has 1 aliphatic rings. The highest BCUT2D eigenvalue weighted by molar-refractivity contribution is 5.78. The molecule has 2 N–H and O–H groups in total. The summed E-state index contributed by atoms with van der Waals surface area (Å²) in [7, 11) is 1.51. The van der Waals surface area contributed by atoms with Crippen molar-refractivity contribution in [3.8, 4) is 5.88 Å². The van der Waals surface area contributed by atoms with E-state index in [0.717, 1.165) is 5.56 Å². The Bertz CT molecular complexity index is 1100. The smallest absolute Gasteiger partial charge is 0.407 e. The molecule has 4 rings (SSSR count). The van der Waals surface area contributed by atoms with Gasteiger partial charge in [0.05, 0.1) is 30.4 Å². The molecule has 1 fully saturated rings. The van der Waals surface area contributed by atoms with E-state index in [1.54, 1.807) is 12.1 Å². The van der Waals surface area contributed by atoms with Crippen LogP contribution in [0.25, 0.3) is 11.0 Å². The summed E-state index contributed by atoms with van der Waals surface area (Å²) in [6.45, 7) is 2.07. The molecule has 0 spiro atoms. The maximum absolute atomic E-state index is 14.5. The van der Waals surface area contributed by atoms with E-state index in [1.807, 2.05) is 30.3 Å². The normalized spacial score (nSPS) is 18.4. The highest BCUT2D eigenvalue weighted by Gasteiger charge is 2.31. The van der Waals surface area contributed by atoms with Crippen LogP contribution in [0.2, 0.25) is 0 Å². The van der Waals surface area contributed by atoms with E-state index in [4.69, 9.17) is 9.47 Å². The number of amides is 1. The van der Waals surface area contributed by atoms with Crippen LogP contribution >= 0.6 is 0 Å². The molecular formula is C24H27FN4O4. The Morgan fingerprint density at radius 1 is 1.24 bits per heavy atom. The van der Waals surface area contributed by atoms with Gasteiger partial charge in [0.1, 0.15) is 12.4 Å². The monoisotopic (exact) mass is 454 g/mol. The van der Waals surface area contributed by atoms with Crippen LogP contribution in [0, 0.1) is 11.7 Å². The number of hydrogen-bond donors (Lipinski definition) is 2. The van der Waals surface area contributed by atoms with Crippen LogP contribution in [-0.2, 0) is 17.8 Å². The zero-order valence-corrected chi connectivity index (χ0v) is 18.4. The molecule has 8 nitrogen and oxygen atoms in total. The Morgan fingerprint density at radius 2 is 2.06 bits per heavy atom. The fourth-order valence-corrected chi connectivity index (χ4v) is 4.01. The number of fused-ring (bicyclic) bond motifs is 1. The van der Waals surface area contributed by atoms with Crippen molar-refractivity contribution in [3.05, 3.63) is 65.6 Å². The van der Waals surface area contributed by atoms with E-state index in [9.17, 15) is 14.3 Å². The number of aromatic nitrogens is 2. The zero-order chi connectivity index (χ0) is 23.2. The summed E-state index contributed by atoms with van der Waals surface area (Å²) in [6.07, 6.45) is 0.515. The summed E-state index contributed by atoms with van der Waals surface area (Å²) in [5.74, 6) is -0.146. The number of aliphatic hydroxyl groups excluding tert-OH is 1. The lowest BCUT2D eigenvalue weighted by molar-refractivity contribution is 0.124. The number of rotatable bonds is 8. The molecule has 0 bridgehead atoms. The van der Waals surface area contributed by atoms with Crippen molar-refractivity contribution in [1.82, 2.24) is 20.2 Å². The molecule has 2 aromatic heterocycles. The number of aliphatic hydroxyl groups is 1. The standard InChI is InChI=1S/C24H27FN4O4/c1-32-22-8-7-20-23(28-22)18(19(25)12-26-20)9-10-29-13-17(21(30)14-29)11-27-24(31)33-15-16-5-3-2-4-6-16/h2-8,12,17,21,30H,9-11,13-15H2,1H3,(H,27,31)/t17-,21-/m0/s1. The molecule has 3 heterocycles. The number of halogens is 1. The predicted molar refractivity (Wildman–Crippen MR) is 120 cm³/mol. The van der Waals surface area contributed by atoms with Gasteiger partial charge in [-0.05, 0) is 18.1 Å². The molecule has 1 amide bonds. The lowest BCUT2D eigenvalue weighted by Gasteiger charge is -2.17. The molecule has 3 aromatic rings. The van der Waals surface area contributed by atoms with Crippen LogP contribution < -0.4 is 10.1 Å². The second-order valence-corrected chi connectivity index (χ2v) is 8.09. The van der Waals surface area contributed by atoms with Gasteiger partial charge in [-0.1, -0.05) is 30.3 Å². The van der Waals surface area contributed by atoms with Gasteiger partial charge < -0.3 is 19.9 Å². The van der Waals surface area contributed by atoms with E-state index in [2.05, 4.69) is 20.2 Å². The summed E-state index contributed by atoms with van der Waals surface area (Å²) in [6, 6.07) is 12.9. The molecule has 0 radical (unpaired) electrons. The van der Waals surface area contributed by atoms with Crippen LogP contribution in [0.3, 0.4) is 0 Å². The molecule has 33 heavy (non-hydrogen) atoms. The van der Waals surface area contributed by atoms with Crippen molar-refractivity contribution in [3.63, 3.8) is 0 Å². The third-order valence-corrected chi connectivity index (χ3v) is 5.83. The van der Waals surface area contributed by atoms with Gasteiger partial charge in [-0.3, -0.25) is 9.88 Å². The largest absolute Gasteiger partial charge is 0.481 e. The summed E-state index contributed by atoms with van der Waals surface area (Å²) in [4.78, 5) is 22.5. The highest BCUT2D eigenvalue weighted by Crippen LogP contribution is 2.23. The average molecular weight is 455 g/mol. The van der Waals surface area contributed by atoms with Crippen LogP contribution in [0.4, 0.5) is 9.18 Å². The maximum Gasteiger partial charge on any atom is 0.407 e. The van der Waals surface area contributed by atoms with Gasteiger partial charge in [-0.25, -0.2) is 14.2 Å². The minimum atomic E-state index is -0.586. The number of nitrogens with one attached hydrogen (secondary N) is 1. The van der Waals surface area contributed by atoms with Gasteiger partial charge in [0, 0.05) is 43.7 Å². The Morgan fingerprint density at radius 3 is 2.85 bits per heavy atom. The van der Waals surface area contributed by atoms with Gasteiger partial charge in [0.2, 0.25) is 5.88 Å². The predicted octanol–water partition coefficient (Wildman–Crippen LogP) is 2.54. The fraction of sp³-hybridized carbons (Fsp3) is 0.375. The second kappa shape index (κ2) is 10.5. The number of carbonyl (C=O) groups is 1. The topological polar surface area (TPSA) is 96.8 Å². The van der Waals surface area contributed by atoms with Crippen molar-refractivity contribution in [2.45, 2.75) is 19.1 Å². The number of ether oxygens (including phenoxy) is 2. The molecule has 0 aliphatic carbocycles. The quantitative estimate of drug-likeness (QED) is 0.540. The third kappa shape index (κ3) is 5.74. The number of likely N-dealkylation sites (tertiary alicyclic amines) is 1. The fourth-order valence-electron chi connectivity index (χ4n) is 4.01. The molecule has 0 unspecified atom stereocenters. The van der Waals surface area contributed by atoms with Gasteiger partial charge in [-0.2, -0.15) is 0 Å². The number of methoxy groups -OCH3 is 1. The van der Waals surface area contributed by atoms with E-state index in [-0.39, 0.29) is 12.5 Å². The van der Waals surface area contributed by atoms with Crippen molar-refractivity contribution >= 4 is 17.1 Å². The molecule has 174 valence electrons. The molecular weight excluding hydrogens is 427 g/mol. The number of benzene rings is 1. The first-order valence-corrected chi connectivity index (χ1v) is 10.9. The van der Waals surface area contributed by atoms with E-state index >= 15 is 0 Å². The molecule has 1 aromatic carbocycles. The SMILES string of the molecule is COc1ccc2ncc(F)c(CCN3C[C@H](CNC(=O)OCc4ccccc4)[C@@H](O)C3)c2n1. The molecule has 0 saturated carbocycles. The second-order valence-electron chi connectivity index (χ2n) is 8.09. The van der Waals surface area contributed by atoms with Gasteiger partial charge in [0.15, 0.2) is 0 Å². The molecule has 1 aliphatic heterocycles. The average Bonchev–Trinajstić information content (AvgIpc) is 3.20. The first kappa shape index (κ1) is 22.9. The van der Waals surface area contributed by atoms with Crippen LogP contribution in [-0.4, -0.2) is 65.5 Å². The van der Waals surface area contributed by atoms with Crippen LogP contribution in [0.5, 0.6) is 5.88 Å². The van der Waals surface area contributed by atoms with Crippen molar-refractivity contribution in [2.75, 3.05) is 33.3 Å². The number of nitrogens with zero attached hydrogens (tertiary/aromatic N) is 3. The number of hydrogen-bond acceptors (Lipinski definition) is 7. The molecule has 1 saturated heterocycles. The first-order chi connectivity index (χ1) is 16.0. The van der Waals surface area contributed by atoms with Gasteiger partial charge in [0.25, 0.3) is 0 Å². The van der Waals surface area contributed by atoms with Crippen molar-refractivity contribution in [2.24, 2.45) is 5.92 Å². The summed E-state index contributed by atoms with van der Waals surface area (Å²) in [5, 5.41) is 13.2. The Labute approximate surface area is 191 Å². The minimum Gasteiger partial charge on any atom is -0.481 e. The summed E-state index contributed by atoms with van der Waals surface area (Å²) < 4.78 is 24.9. The first-order valence-electron chi connectivity index (χ1n) is 10.9. The molecule has 9 heteroatoms. The van der Waals surface area contributed by atoms with E-state index in [1.165, 1.54) is 13.3 Å². The number of β-amino-alcohol motifs (C(OH)–C–C–N with tert-alkyl or cyclic N) is 1. The Kier molecular flexibility index (Phi) is 7.31. The zero-order valence-electron chi connectivity index (χ0n) is 18.4. The van der Waals surface area contributed by atoms with Crippen molar-refractivity contribution in [1.29, 1.82) is 0 Å². The van der Waals surface area contributed by atoms with Gasteiger partial charge >= 0.3 is 6.09 Å². The lowest BCUT2D eigenvalue weighted by Crippen LogP contribution is -2.34. The maximum atomic E-state index is 14.5. The van der Waals surface area contributed by atoms with E-state index in [0.29, 0.717) is 55.1 Å². The molecule has 2 atom stereocenters. The number of pyridine rings is 2. The van der Waals surface area contributed by atoms with Crippen molar-refractivity contribution < 1.29 is 23.8 Å². The van der Waals surface area contributed by atoms with Crippen LogP contribution in [0.15, 0.2) is 48.7 Å². The number of carbonyl (C=O) groups excluding carboxylic acids is 1. The Balaban J connectivity index is 1.29. The highest BCUT2D eigenvalue weighted by atomic mass is 19.1. The summed E-state index contributed by atoms with van der Waals surface area (Å²) in [5.41, 5.74) is 2.46. The van der Waals surface area contributed by atoms with E-state index < -0.39 is 18.0 Å². The third-order valence-electron chi connectivity index (χ3n) is 5.83. The van der Waals surface area contributed by atoms with Crippen LogP contribution in [0.1, 0.15) is 11.1 Å². The lowest BCUT2D eigenvalue weighted by atomic mass is 10.1. The summed E-state index contributed by atoms with van der Waals surface area (Å²) >= 11 is 0. The van der Waals surface area contributed by atoms with Gasteiger partial charge in [-0.15, -0.1) is 0 Å².